The van der Waals surface area contributed by atoms with Gasteiger partial charge in [0.25, 0.3) is 5.89 Å². The number of hydrogen-bond acceptors (Lipinski definition) is 6. The minimum absolute atomic E-state index is 0.400. The molecule has 0 unspecified atom stereocenters. The first-order valence-corrected chi connectivity index (χ1v) is 6.83. The van der Waals surface area contributed by atoms with Crippen molar-refractivity contribution in [1.29, 1.82) is 0 Å². The van der Waals surface area contributed by atoms with Gasteiger partial charge in [0.2, 0.25) is 0 Å². The van der Waals surface area contributed by atoms with Crippen molar-refractivity contribution in [2.45, 2.75) is 24.8 Å². The lowest BCUT2D eigenvalue weighted by molar-refractivity contribution is 0.229. The molecule has 0 atom stereocenters. The zero-order valence-corrected chi connectivity index (χ0v) is 11.3. The summed E-state index contributed by atoms with van der Waals surface area (Å²) < 4.78 is 7.01. The van der Waals surface area contributed by atoms with Crippen LogP contribution in [0.25, 0.3) is 17.1 Å². The molecule has 1 saturated carbocycles. The van der Waals surface area contributed by atoms with Gasteiger partial charge in [-0.05, 0) is 43.5 Å². The van der Waals surface area contributed by atoms with Crippen LogP contribution in [0.1, 0.15) is 25.1 Å². The Morgan fingerprint density at radius 2 is 2.00 bits per heavy atom. The van der Waals surface area contributed by atoms with Gasteiger partial charge in [0.1, 0.15) is 12.7 Å². The summed E-state index contributed by atoms with van der Waals surface area (Å²) in [5, 5.41) is 8.10. The van der Waals surface area contributed by atoms with E-state index in [0.29, 0.717) is 11.7 Å². The first-order chi connectivity index (χ1) is 10.2. The third kappa shape index (κ3) is 2.02. The van der Waals surface area contributed by atoms with Gasteiger partial charge in [0, 0.05) is 5.56 Å². The van der Waals surface area contributed by atoms with E-state index in [1.807, 2.05) is 24.3 Å². The van der Waals surface area contributed by atoms with E-state index in [1.165, 1.54) is 6.33 Å². The molecule has 4 rings (SSSR count). The van der Waals surface area contributed by atoms with Crippen molar-refractivity contribution in [1.82, 2.24) is 24.9 Å². The molecule has 3 aromatic rings. The zero-order valence-electron chi connectivity index (χ0n) is 11.3. The summed E-state index contributed by atoms with van der Waals surface area (Å²) in [6.07, 6.45) is 6.09. The molecule has 2 N–H and O–H groups in total. The van der Waals surface area contributed by atoms with Gasteiger partial charge in [-0.2, -0.15) is 10.1 Å². The van der Waals surface area contributed by atoms with E-state index < -0.39 is 5.54 Å². The van der Waals surface area contributed by atoms with Crippen LogP contribution >= 0.6 is 0 Å². The van der Waals surface area contributed by atoms with Gasteiger partial charge in [-0.15, -0.1) is 0 Å². The summed E-state index contributed by atoms with van der Waals surface area (Å²) >= 11 is 0. The highest BCUT2D eigenvalue weighted by molar-refractivity contribution is 5.55. The fourth-order valence-corrected chi connectivity index (χ4v) is 2.42. The van der Waals surface area contributed by atoms with E-state index >= 15 is 0 Å². The smallest absolute Gasteiger partial charge is 0.257 e. The Labute approximate surface area is 120 Å². The molecule has 0 spiro atoms. The summed E-state index contributed by atoms with van der Waals surface area (Å²) in [6, 6.07) is 7.68. The Morgan fingerprint density at radius 3 is 2.62 bits per heavy atom. The quantitative estimate of drug-likeness (QED) is 0.784. The van der Waals surface area contributed by atoms with Crippen LogP contribution in [-0.2, 0) is 5.54 Å². The number of hydrogen-bond donors (Lipinski definition) is 1. The minimum Gasteiger partial charge on any atom is -0.334 e. The van der Waals surface area contributed by atoms with Crippen molar-refractivity contribution in [2.24, 2.45) is 5.73 Å². The predicted molar refractivity (Wildman–Crippen MR) is 74.4 cm³/mol. The monoisotopic (exact) mass is 282 g/mol. The van der Waals surface area contributed by atoms with Crippen molar-refractivity contribution in [3.63, 3.8) is 0 Å². The summed E-state index contributed by atoms with van der Waals surface area (Å²) in [5.41, 5.74) is 7.58. The average Bonchev–Trinajstić information content (AvgIpc) is 3.16. The fraction of sp³-hybridized carbons (Fsp3) is 0.286. The second-order valence-corrected chi connectivity index (χ2v) is 5.32. The van der Waals surface area contributed by atoms with Crippen LogP contribution in [0.4, 0.5) is 0 Å². The Bertz CT molecular complexity index is 742. The highest BCUT2D eigenvalue weighted by Crippen LogP contribution is 2.37. The number of nitrogens with zero attached hydrogens (tertiary/aromatic N) is 5. The first-order valence-electron chi connectivity index (χ1n) is 6.83. The molecular weight excluding hydrogens is 268 g/mol. The second-order valence-electron chi connectivity index (χ2n) is 5.32. The third-order valence-corrected chi connectivity index (χ3v) is 3.91. The van der Waals surface area contributed by atoms with Crippen LogP contribution in [0, 0.1) is 0 Å². The SMILES string of the molecule is NC1(c2noc(-c3ccc(-n4cncn4)cc3)n2)CCC1. The summed E-state index contributed by atoms with van der Waals surface area (Å²) in [4.78, 5) is 8.35. The molecule has 0 saturated heterocycles. The van der Waals surface area contributed by atoms with Gasteiger partial charge >= 0.3 is 0 Å². The fourth-order valence-electron chi connectivity index (χ4n) is 2.42. The van der Waals surface area contributed by atoms with Crippen molar-refractivity contribution in [3.05, 3.63) is 42.7 Å². The summed E-state index contributed by atoms with van der Waals surface area (Å²) in [5.74, 6) is 1.09. The summed E-state index contributed by atoms with van der Waals surface area (Å²) in [6.45, 7) is 0. The third-order valence-electron chi connectivity index (χ3n) is 3.91. The molecule has 1 aliphatic carbocycles. The molecule has 106 valence electrons. The van der Waals surface area contributed by atoms with E-state index in [1.54, 1.807) is 11.0 Å². The van der Waals surface area contributed by atoms with Crippen LogP contribution in [0.5, 0.6) is 0 Å². The number of aromatic nitrogens is 5. The van der Waals surface area contributed by atoms with Crippen LogP contribution in [0.15, 0.2) is 41.4 Å². The first kappa shape index (κ1) is 12.2. The minimum atomic E-state index is -0.400. The van der Waals surface area contributed by atoms with Gasteiger partial charge < -0.3 is 10.3 Å². The Balaban J connectivity index is 1.62. The molecule has 2 aromatic heterocycles. The molecule has 2 heterocycles. The topological polar surface area (TPSA) is 95.7 Å². The number of rotatable bonds is 3. The molecule has 7 nitrogen and oxygen atoms in total. The molecule has 0 aliphatic heterocycles. The average molecular weight is 282 g/mol. The maximum Gasteiger partial charge on any atom is 0.257 e. The van der Waals surface area contributed by atoms with Gasteiger partial charge in [-0.25, -0.2) is 9.67 Å². The van der Waals surface area contributed by atoms with E-state index in [-0.39, 0.29) is 0 Å². The molecular formula is C14H14N6O. The molecule has 0 amide bonds. The van der Waals surface area contributed by atoms with E-state index in [2.05, 4.69) is 20.2 Å². The van der Waals surface area contributed by atoms with Crippen LogP contribution in [0.3, 0.4) is 0 Å². The van der Waals surface area contributed by atoms with E-state index in [4.69, 9.17) is 10.3 Å². The molecule has 1 aliphatic rings. The molecule has 1 aromatic carbocycles. The molecule has 1 fully saturated rings. The van der Waals surface area contributed by atoms with Gasteiger partial charge in [0.05, 0.1) is 11.2 Å². The lowest BCUT2D eigenvalue weighted by Gasteiger charge is -2.34. The van der Waals surface area contributed by atoms with Gasteiger partial charge in [-0.3, -0.25) is 0 Å². The molecule has 21 heavy (non-hydrogen) atoms. The standard InChI is InChI=1S/C14H14N6O/c15-14(6-1-7-14)13-18-12(21-19-13)10-2-4-11(5-3-10)20-9-16-8-17-20/h2-5,8-9H,1,6-7,15H2. The molecule has 0 bridgehead atoms. The zero-order chi connectivity index (χ0) is 14.3. The van der Waals surface area contributed by atoms with Crippen molar-refractivity contribution < 1.29 is 4.52 Å². The largest absolute Gasteiger partial charge is 0.334 e. The maximum absolute atomic E-state index is 6.20. The van der Waals surface area contributed by atoms with Crippen molar-refractivity contribution >= 4 is 0 Å². The Hall–Kier alpha value is -2.54. The number of benzene rings is 1. The molecule has 0 radical (unpaired) electrons. The highest BCUT2D eigenvalue weighted by Gasteiger charge is 2.39. The predicted octanol–water partition coefficient (Wildman–Crippen LogP) is 1.66. The lowest BCUT2D eigenvalue weighted by atomic mass is 9.77. The molecule has 7 heteroatoms. The maximum atomic E-state index is 6.20. The van der Waals surface area contributed by atoms with Gasteiger partial charge in [-0.1, -0.05) is 5.16 Å². The second kappa shape index (κ2) is 4.49. The Morgan fingerprint density at radius 1 is 1.19 bits per heavy atom. The summed E-state index contributed by atoms with van der Waals surface area (Å²) in [7, 11) is 0. The van der Waals surface area contributed by atoms with Crippen LogP contribution in [-0.4, -0.2) is 24.9 Å². The lowest BCUT2D eigenvalue weighted by Crippen LogP contribution is -2.44. The highest BCUT2D eigenvalue weighted by atomic mass is 16.5. The van der Waals surface area contributed by atoms with Crippen LogP contribution in [0.2, 0.25) is 0 Å². The number of nitrogens with two attached hydrogens (primary N) is 1. The van der Waals surface area contributed by atoms with Crippen LogP contribution < -0.4 is 5.73 Å². The van der Waals surface area contributed by atoms with Crippen molar-refractivity contribution in [2.75, 3.05) is 0 Å². The van der Waals surface area contributed by atoms with Crippen molar-refractivity contribution in [3.8, 4) is 17.1 Å². The van der Waals surface area contributed by atoms with E-state index in [9.17, 15) is 0 Å². The Kier molecular flexibility index (Phi) is 2.61. The normalized spacial score (nSPS) is 16.6. The van der Waals surface area contributed by atoms with E-state index in [0.717, 1.165) is 30.5 Å². The van der Waals surface area contributed by atoms with Gasteiger partial charge in [0.15, 0.2) is 5.82 Å².